The van der Waals surface area contributed by atoms with Crippen molar-refractivity contribution in [1.29, 1.82) is 0 Å². The van der Waals surface area contributed by atoms with Crippen molar-refractivity contribution >= 4 is 23.3 Å². The van der Waals surface area contributed by atoms with Crippen molar-refractivity contribution in [2.75, 3.05) is 6.54 Å². The number of aromatic nitrogens is 1. The minimum absolute atomic E-state index is 0. The van der Waals surface area contributed by atoms with Crippen LogP contribution in [0.25, 0.3) is 10.9 Å². The van der Waals surface area contributed by atoms with Gasteiger partial charge in [0.15, 0.2) is 0 Å². The molecule has 0 radical (unpaired) electrons. The third-order valence-corrected chi connectivity index (χ3v) is 3.24. The third kappa shape index (κ3) is 1.43. The van der Waals surface area contributed by atoms with Crippen LogP contribution in [0, 0.1) is 5.82 Å². The van der Waals surface area contributed by atoms with Gasteiger partial charge < -0.3 is 9.88 Å². The summed E-state index contributed by atoms with van der Waals surface area (Å²) in [5.74, 6) is -0.121. The number of nitrogens with zero attached hydrogens (tertiary/aromatic N) is 1. The Morgan fingerprint density at radius 3 is 3.00 bits per heavy atom. The molecule has 16 heavy (non-hydrogen) atoms. The molecule has 1 N–H and O–H groups in total. The molecule has 0 bridgehead atoms. The molecule has 3 rings (SSSR count). The fraction of sp³-hybridized carbons (Fsp3) is 0.333. The van der Waals surface area contributed by atoms with E-state index in [0.29, 0.717) is 0 Å². The molecule has 1 aliphatic heterocycles. The average molecular weight is 241 g/mol. The molecular weight excluding hydrogens is 227 g/mol. The lowest BCUT2D eigenvalue weighted by Crippen LogP contribution is -2.24. The number of rotatable bonds is 0. The highest BCUT2D eigenvalue weighted by molar-refractivity contribution is 5.86. The van der Waals surface area contributed by atoms with Crippen LogP contribution in [-0.2, 0) is 20.0 Å². The van der Waals surface area contributed by atoms with Gasteiger partial charge in [-0.2, -0.15) is 0 Å². The Kier molecular flexibility index (Phi) is 2.91. The fourth-order valence-electron chi connectivity index (χ4n) is 2.52. The predicted octanol–water partition coefficient (Wildman–Crippen LogP) is 2.38. The van der Waals surface area contributed by atoms with Gasteiger partial charge >= 0.3 is 0 Å². The molecule has 2 aromatic rings. The lowest BCUT2D eigenvalue weighted by molar-refractivity contribution is 0.605. The van der Waals surface area contributed by atoms with Crippen LogP contribution in [0.1, 0.15) is 11.3 Å². The maximum Gasteiger partial charge on any atom is 0.147 e. The van der Waals surface area contributed by atoms with Crippen molar-refractivity contribution < 1.29 is 4.39 Å². The van der Waals surface area contributed by atoms with Gasteiger partial charge in [0.25, 0.3) is 0 Å². The summed E-state index contributed by atoms with van der Waals surface area (Å²) >= 11 is 0. The molecule has 0 atom stereocenters. The number of halogens is 2. The molecule has 2 heterocycles. The van der Waals surface area contributed by atoms with Gasteiger partial charge in [-0.1, -0.05) is 12.1 Å². The van der Waals surface area contributed by atoms with E-state index in [1.54, 1.807) is 6.07 Å². The largest absolute Gasteiger partial charge is 0.344 e. The summed E-state index contributed by atoms with van der Waals surface area (Å²) in [6, 6.07) is 5.34. The highest BCUT2D eigenvalue weighted by atomic mass is 35.5. The van der Waals surface area contributed by atoms with Gasteiger partial charge in [-0.05, 0) is 24.6 Å². The monoisotopic (exact) mass is 240 g/mol. The second-order valence-corrected chi connectivity index (χ2v) is 4.05. The number of para-hydroxylation sites is 1. The summed E-state index contributed by atoms with van der Waals surface area (Å²) in [5, 5.41) is 4.40. The smallest absolute Gasteiger partial charge is 0.147 e. The van der Waals surface area contributed by atoms with E-state index in [1.165, 1.54) is 17.3 Å². The summed E-state index contributed by atoms with van der Waals surface area (Å²) in [5.41, 5.74) is 3.28. The van der Waals surface area contributed by atoms with Crippen LogP contribution < -0.4 is 5.32 Å². The molecule has 1 aliphatic rings. The minimum Gasteiger partial charge on any atom is -0.344 e. The Balaban J connectivity index is 0.000000963. The highest BCUT2D eigenvalue weighted by Gasteiger charge is 2.19. The van der Waals surface area contributed by atoms with Crippen molar-refractivity contribution in [2.45, 2.75) is 13.0 Å². The Hall–Kier alpha value is -1.06. The number of nitrogens with one attached hydrogen (secondary N) is 1. The molecule has 0 saturated carbocycles. The van der Waals surface area contributed by atoms with Crippen LogP contribution >= 0.6 is 12.4 Å². The Bertz CT molecular complexity index is 533. The van der Waals surface area contributed by atoms with E-state index in [4.69, 9.17) is 0 Å². The topological polar surface area (TPSA) is 17.0 Å². The van der Waals surface area contributed by atoms with E-state index >= 15 is 0 Å². The zero-order valence-electron chi connectivity index (χ0n) is 9.09. The van der Waals surface area contributed by atoms with E-state index in [2.05, 4.69) is 5.32 Å². The van der Waals surface area contributed by atoms with Crippen molar-refractivity contribution in [3.63, 3.8) is 0 Å². The van der Waals surface area contributed by atoms with Crippen molar-refractivity contribution in [3.8, 4) is 0 Å². The van der Waals surface area contributed by atoms with Crippen LogP contribution in [0.5, 0.6) is 0 Å². The molecule has 0 aliphatic carbocycles. The predicted molar refractivity (Wildman–Crippen MR) is 65.5 cm³/mol. The average Bonchev–Trinajstić information content (AvgIpc) is 2.55. The van der Waals surface area contributed by atoms with Crippen molar-refractivity contribution in [1.82, 2.24) is 9.88 Å². The number of aryl methyl sites for hydroxylation is 1. The SMILES string of the molecule is Cl.Cn1c2c(c3cccc(F)c31)CCNC2. The summed E-state index contributed by atoms with van der Waals surface area (Å²) in [6.45, 7) is 1.84. The number of benzene rings is 1. The van der Waals surface area contributed by atoms with Crippen LogP contribution in [0.4, 0.5) is 4.39 Å². The summed E-state index contributed by atoms with van der Waals surface area (Å²) in [6.07, 6.45) is 0.996. The van der Waals surface area contributed by atoms with Crippen LogP contribution in [0.15, 0.2) is 18.2 Å². The molecule has 86 valence electrons. The van der Waals surface area contributed by atoms with Gasteiger partial charge in [0.1, 0.15) is 5.82 Å². The molecular formula is C12H14ClFN2. The number of fused-ring (bicyclic) bond motifs is 3. The van der Waals surface area contributed by atoms with Gasteiger partial charge in [-0.25, -0.2) is 4.39 Å². The maximum atomic E-state index is 13.7. The summed E-state index contributed by atoms with van der Waals surface area (Å²) in [4.78, 5) is 0. The van der Waals surface area contributed by atoms with Crippen LogP contribution in [0.2, 0.25) is 0 Å². The highest BCUT2D eigenvalue weighted by Crippen LogP contribution is 2.29. The lowest BCUT2D eigenvalue weighted by Gasteiger charge is -2.14. The Labute approximate surface area is 99.9 Å². The molecule has 2 nitrogen and oxygen atoms in total. The fourth-order valence-corrected chi connectivity index (χ4v) is 2.52. The summed E-state index contributed by atoms with van der Waals surface area (Å²) < 4.78 is 15.7. The first-order valence-electron chi connectivity index (χ1n) is 5.24. The van der Waals surface area contributed by atoms with Gasteiger partial charge in [-0.15, -0.1) is 12.4 Å². The van der Waals surface area contributed by atoms with Crippen LogP contribution in [-0.4, -0.2) is 11.1 Å². The molecule has 0 unspecified atom stereocenters. The first-order chi connectivity index (χ1) is 7.29. The molecule has 1 aromatic carbocycles. The Morgan fingerprint density at radius 1 is 1.38 bits per heavy atom. The van der Waals surface area contributed by atoms with Crippen molar-refractivity contribution in [3.05, 3.63) is 35.3 Å². The van der Waals surface area contributed by atoms with E-state index in [9.17, 15) is 4.39 Å². The first-order valence-corrected chi connectivity index (χ1v) is 5.24. The van der Waals surface area contributed by atoms with E-state index in [-0.39, 0.29) is 18.2 Å². The van der Waals surface area contributed by atoms with E-state index in [0.717, 1.165) is 30.4 Å². The molecule has 0 amide bonds. The minimum atomic E-state index is -0.121. The second kappa shape index (κ2) is 4.07. The quantitative estimate of drug-likeness (QED) is 0.748. The number of hydrogen-bond donors (Lipinski definition) is 1. The number of hydrogen-bond acceptors (Lipinski definition) is 1. The van der Waals surface area contributed by atoms with Gasteiger partial charge in [-0.3, -0.25) is 0 Å². The third-order valence-electron chi connectivity index (χ3n) is 3.24. The molecule has 4 heteroatoms. The maximum absolute atomic E-state index is 13.7. The molecule has 0 saturated heterocycles. The zero-order chi connectivity index (χ0) is 10.4. The zero-order valence-corrected chi connectivity index (χ0v) is 9.90. The van der Waals surface area contributed by atoms with Crippen molar-refractivity contribution in [2.24, 2.45) is 7.05 Å². The van der Waals surface area contributed by atoms with Gasteiger partial charge in [0.2, 0.25) is 0 Å². The molecule has 1 aromatic heterocycles. The normalized spacial score (nSPS) is 14.6. The second-order valence-electron chi connectivity index (χ2n) is 4.05. The van der Waals surface area contributed by atoms with Gasteiger partial charge in [0.05, 0.1) is 5.52 Å². The van der Waals surface area contributed by atoms with Gasteiger partial charge in [0, 0.05) is 24.7 Å². The van der Waals surface area contributed by atoms with E-state index in [1.807, 2.05) is 17.7 Å². The standard InChI is InChI=1S/C12H13FN2.ClH/c1-15-11-7-14-6-5-8(11)9-3-2-4-10(13)12(9)15;/h2-4,14H,5-7H2,1H3;1H. The first kappa shape index (κ1) is 11.4. The lowest BCUT2D eigenvalue weighted by atomic mass is 10.0. The van der Waals surface area contributed by atoms with E-state index < -0.39 is 0 Å². The molecule has 0 fully saturated rings. The molecule has 0 spiro atoms. The van der Waals surface area contributed by atoms with Crippen LogP contribution in [0.3, 0.4) is 0 Å². The Morgan fingerprint density at radius 2 is 2.19 bits per heavy atom. The summed E-state index contributed by atoms with van der Waals surface area (Å²) in [7, 11) is 1.94.